The predicted molar refractivity (Wildman–Crippen MR) is 201 cm³/mol. The molecule has 0 aliphatic carbocycles. The highest BCUT2D eigenvalue weighted by Gasteiger charge is 2.22. The Morgan fingerprint density at radius 2 is 1.15 bits per heavy atom. The van der Waals surface area contributed by atoms with Crippen LogP contribution >= 0.6 is 11.3 Å². The largest absolute Gasteiger partial charge is 0.455 e. The van der Waals surface area contributed by atoms with E-state index in [-0.39, 0.29) is 0 Å². The Bertz CT molecular complexity index is 2830. The van der Waals surface area contributed by atoms with Gasteiger partial charge in [0.25, 0.3) is 0 Å². The number of aromatic nitrogens is 2. The van der Waals surface area contributed by atoms with E-state index in [9.17, 15) is 0 Å². The molecule has 10 rings (SSSR count). The molecule has 0 atom stereocenters. The highest BCUT2D eigenvalue weighted by molar-refractivity contribution is 7.26. The van der Waals surface area contributed by atoms with Crippen molar-refractivity contribution in [2.45, 2.75) is 0 Å². The lowest BCUT2D eigenvalue weighted by atomic mass is 9.96. The van der Waals surface area contributed by atoms with Gasteiger partial charge in [-0.25, -0.2) is 9.97 Å². The summed E-state index contributed by atoms with van der Waals surface area (Å²) in [5.74, 6) is 0.690. The van der Waals surface area contributed by atoms with Crippen molar-refractivity contribution in [3.63, 3.8) is 0 Å². The van der Waals surface area contributed by atoms with Crippen molar-refractivity contribution < 1.29 is 4.42 Å². The summed E-state index contributed by atoms with van der Waals surface area (Å²) in [5, 5.41) is 5.64. The number of benzene rings is 7. The second kappa shape index (κ2) is 10.7. The van der Waals surface area contributed by atoms with Crippen molar-refractivity contribution in [3.8, 4) is 44.9 Å². The van der Waals surface area contributed by atoms with Gasteiger partial charge in [0, 0.05) is 37.5 Å². The average Bonchev–Trinajstić information content (AvgIpc) is 3.73. The first kappa shape index (κ1) is 27.1. The van der Waals surface area contributed by atoms with Gasteiger partial charge in [-0.2, -0.15) is 0 Å². The lowest BCUT2D eigenvalue weighted by molar-refractivity contribution is 0.670. The molecule has 3 nitrogen and oxygen atoms in total. The fourth-order valence-electron chi connectivity index (χ4n) is 6.96. The van der Waals surface area contributed by atoms with E-state index in [4.69, 9.17) is 14.4 Å². The van der Waals surface area contributed by atoms with Crippen LogP contribution in [0.1, 0.15) is 0 Å². The van der Waals surface area contributed by atoms with Crippen molar-refractivity contribution in [2.24, 2.45) is 0 Å². The van der Waals surface area contributed by atoms with Crippen molar-refractivity contribution in [1.82, 2.24) is 9.97 Å². The second-order valence-electron chi connectivity index (χ2n) is 12.1. The second-order valence-corrected chi connectivity index (χ2v) is 13.2. The molecule has 0 saturated carbocycles. The van der Waals surface area contributed by atoms with Gasteiger partial charge in [0.05, 0.1) is 15.9 Å². The Labute approximate surface area is 280 Å². The molecule has 0 fully saturated rings. The molecule has 0 aliphatic heterocycles. The van der Waals surface area contributed by atoms with Crippen LogP contribution in [0, 0.1) is 0 Å². The van der Waals surface area contributed by atoms with E-state index < -0.39 is 0 Å². The molecule has 3 aromatic heterocycles. The minimum absolute atomic E-state index is 0.690. The summed E-state index contributed by atoms with van der Waals surface area (Å²) >= 11 is 1.75. The number of furan rings is 1. The number of rotatable bonds is 4. The van der Waals surface area contributed by atoms with Gasteiger partial charge in [0.15, 0.2) is 5.82 Å². The number of para-hydroxylation sites is 1. The Kier molecular flexibility index (Phi) is 6.05. The van der Waals surface area contributed by atoms with E-state index in [1.165, 1.54) is 26.6 Å². The van der Waals surface area contributed by atoms with Gasteiger partial charge in [0.2, 0.25) is 0 Å². The first-order valence-corrected chi connectivity index (χ1v) is 16.9. The summed E-state index contributed by atoms with van der Waals surface area (Å²) in [7, 11) is 0. The SMILES string of the molecule is c1ccc(-c2ccc(-c3nc(-c4ccc(-c5ccc6ccccc6c5)c5oc6ccccc6c45)nc4c3sc3ccccc34)cc2)cc1. The van der Waals surface area contributed by atoms with Gasteiger partial charge in [-0.05, 0) is 57.8 Å². The third-order valence-electron chi connectivity index (χ3n) is 9.31. The Balaban J connectivity index is 1.23. The summed E-state index contributed by atoms with van der Waals surface area (Å²) in [4.78, 5) is 10.7. The predicted octanol–water partition coefficient (Wildman–Crippen LogP) is 12.6. The standard InChI is InChI=1S/C44H26N2OS/c1-2-10-27(11-3-1)29-18-21-30(22-19-29)40-43-41(35-15-7-9-17-38(35)48-43)46-44(45-40)36-25-24-33(32-23-20-28-12-4-5-13-31(28)26-32)42-39(36)34-14-6-8-16-37(34)47-42/h1-26H. The van der Waals surface area contributed by atoms with Crippen LogP contribution in [0.5, 0.6) is 0 Å². The van der Waals surface area contributed by atoms with Crippen LogP contribution in [-0.4, -0.2) is 9.97 Å². The van der Waals surface area contributed by atoms with Crippen LogP contribution in [0.25, 0.3) is 97.9 Å². The van der Waals surface area contributed by atoms with E-state index >= 15 is 0 Å². The van der Waals surface area contributed by atoms with E-state index in [1.807, 2.05) is 18.2 Å². The molecule has 0 amide bonds. The number of fused-ring (bicyclic) bond motifs is 7. The summed E-state index contributed by atoms with van der Waals surface area (Å²) < 4.78 is 8.96. The minimum atomic E-state index is 0.690. The van der Waals surface area contributed by atoms with E-state index in [2.05, 4.69) is 140 Å². The molecule has 0 spiro atoms. The fourth-order valence-corrected chi connectivity index (χ4v) is 8.11. The summed E-state index contributed by atoms with van der Waals surface area (Å²) in [6, 6.07) is 55.4. The maximum atomic E-state index is 6.67. The zero-order valence-corrected chi connectivity index (χ0v) is 26.5. The number of nitrogens with zero attached hydrogens (tertiary/aromatic N) is 2. The zero-order chi connectivity index (χ0) is 31.6. The monoisotopic (exact) mass is 630 g/mol. The molecule has 0 unspecified atom stereocenters. The Morgan fingerprint density at radius 3 is 2.02 bits per heavy atom. The quantitative estimate of drug-likeness (QED) is 0.194. The molecule has 7 aromatic carbocycles. The van der Waals surface area contributed by atoms with Gasteiger partial charge in [0.1, 0.15) is 11.2 Å². The smallest absolute Gasteiger partial charge is 0.161 e. The summed E-state index contributed by atoms with van der Waals surface area (Å²) in [6.45, 7) is 0. The van der Waals surface area contributed by atoms with Gasteiger partial charge in [-0.15, -0.1) is 11.3 Å². The summed E-state index contributed by atoms with van der Waals surface area (Å²) in [5.41, 5.74) is 10.2. The number of hydrogen-bond donors (Lipinski definition) is 0. The fraction of sp³-hybridized carbons (Fsp3) is 0. The molecule has 0 aliphatic rings. The average molecular weight is 631 g/mol. The molecule has 0 saturated heterocycles. The van der Waals surface area contributed by atoms with Gasteiger partial charge in [-0.1, -0.05) is 127 Å². The van der Waals surface area contributed by atoms with Crippen molar-refractivity contribution in [2.75, 3.05) is 0 Å². The Hall–Kier alpha value is -6.10. The lowest BCUT2D eigenvalue weighted by Crippen LogP contribution is -1.95. The molecule has 10 aromatic rings. The third kappa shape index (κ3) is 4.27. The topological polar surface area (TPSA) is 38.9 Å². The normalized spacial score (nSPS) is 11.8. The first-order valence-electron chi connectivity index (χ1n) is 16.1. The maximum Gasteiger partial charge on any atom is 0.161 e. The number of hydrogen-bond acceptors (Lipinski definition) is 4. The van der Waals surface area contributed by atoms with E-state index in [1.54, 1.807) is 11.3 Å². The lowest BCUT2D eigenvalue weighted by Gasteiger charge is -2.11. The van der Waals surface area contributed by atoms with Crippen LogP contribution in [0.4, 0.5) is 0 Å². The molecule has 0 N–H and O–H groups in total. The van der Waals surface area contributed by atoms with Crippen LogP contribution < -0.4 is 0 Å². The molecule has 0 bridgehead atoms. The molecule has 3 heterocycles. The van der Waals surface area contributed by atoms with Crippen LogP contribution in [0.2, 0.25) is 0 Å². The van der Waals surface area contributed by atoms with E-state index in [0.717, 1.165) is 65.5 Å². The molecule has 4 heteroatoms. The maximum absolute atomic E-state index is 6.67. The molecular weight excluding hydrogens is 605 g/mol. The van der Waals surface area contributed by atoms with Gasteiger partial charge in [-0.3, -0.25) is 0 Å². The summed E-state index contributed by atoms with van der Waals surface area (Å²) in [6.07, 6.45) is 0. The van der Waals surface area contributed by atoms with Crippen molar-refractivity contribution >= 4 is 64.4 Å². The van der Waals surface area contributed by atoms with Crippen molar-refractivity contribution in [1.29, 1.82) is 0 Å². The zero-order valence-electron chi connectivity index (χ0n) is 25.7. The first-order chi connectivity index (χ1) is 23.8. The molecule has 0 radical (unpaired) electrons. The molecular formula is C44H26N2OS. The Morgan fingerprint density at radius 1 is 0.479 bits per heavy atom. The van der Waals surface area contributed by atoms with Crippen LogP contribution in [0.3, 0.4) is 0 Å². The third-order valence-corrected chi connectivity index (χ3v) is 10.5. The van der Waals surface area contributed by atoms with E-state index in [0.29, 0.717) is 5.82 Å². The van der Waals surface area contributed by atoms with Gasteiger partial charge < -0.3 is 4.42 Å². The van der Waals surface area contributed by atoms with Gasteiger partial charge >= 0.3 is 0 Å². The number of thiophene rings is 1. The molecule has 48 heavy (non-hydrogen) atoms. The highest BCUT2D eigenvalue weighted by atomic mass is 32.1. The van der Waals surface area contributed by atoms with Crippen LogP contribution in [0.15, 0.2) is 162 Å². The highest BCUT2D eigenvalue weighted by Crippen LogP contribution is 2.44. The minimum Gasteiger partial charge on any atom is -0.455 e. The van der Waals surface area contributed by atoms with Crippen LogP contribution in [-0.2, 0) is 0 Å². The van der Waals surface area contributed by atoms with Crippen molar-refractivity contribution in [3.05, 3.63) is 158 Å². The molecule has 224 valence electrons.